The van der Waals surface area contributed by atoms with Gasteiger partial charge in [0, 0.05) is 61.7 Å². The van der Waals surface area contributed by atoms with Crippen molar-refractivity contribution in [1.82, 2.24) is 25.3 Å². The number of nitrogens with zero attached hydrogens (tertiary/aromatic N) is 5. The van der Waals surface area contributed by atoms with Gasteiger partial charge in [-0.05, 0) is 73.4 Å². The zero-order valence-electron chi connectivity index (χ0n) is 21.2. The van der Waals surface area contributed by atoms with E-state index in [1.54, 1.807) is 18.5 Å². The Balaban J connectivity index is 1.32. The van der Waals surface area contributed by atoms with Crippen LogP contribution in [0.25, 0.3) is 0 Å². The normalized spacial score (nSPS) is 17.4. The standard InChI is InChI=1S/C27H32ClN7OS2/c28-21-8-6-20(7-9-21)27(10-16-36-17-11-27)19-31-25(37)34-24-32-22(35-14-3-1-2-4-15-35)18-23(33-24)38-26-29-12-5-13-30-26/h5-9,12-13,18H,1-4,10-11,14-17,19H2,(H2,31,32,33,34,37). The predicted molar refractivity (Wildman–Crippen MR) is 156 cm³/mol. The van der Waals surface area contributed by atoms with Crippen LogP contribution in [-0.4, -0.2) is 57.9 Å². The van der Waals surface area contributed by atoms with E-state index in [-0.39, 0.29) is 5.41 Å². The highest BCUT2D eigenvalue weighted by atomic mass is 35.5. The number of benzene rings is 1. The van der Waals surface area contributed by atoms with Crippen molar-refractivity contribution < 1.29 is 4.74 Å². The van der Waals surface area contributed by atoms with Crippen LogP contribution in [0, 0.1) is 0 Å². The Morgan fingerprint density at radius 1 is 1.03 bits per heavy atom. The van der Waals surface area contributed by atoms with Crippen LogP contribution in [0.1, 0.15) is 44.1 Å². The molecule has 0 saturated carbocycles. The molecule has 2 saturated heterocycles. The molecule has 1 aromatic carbocycles. The van der Waals surface area contributed by atoms with Gasteiger partial charge in [-0.2, -0.15) is 4.98 Å². The fraction of sp³-hybridized carbons (Fsp3) is 0.444. The second-order valence-electron chi connectivity index (χ2n) is 9.63. The monoisotopic (exact) mass is 569 g/mol. The van der Waals surface area contributed by atoms with E-state index in [2.05, 4.69) is 37.6 Å². The molecule has 8 nitrogen and oxygen atoms in total. The summed E-state index contributed by atoms with van der Waals surface area (Å²) in [6.45, 7) is 4.07. The van der Waals surface area contributed by atoms with Gasteiger partial charge in [0.1, 0.15) is 10.8 Å². The Morgan fingerprint density at radius 3 is 2.45 bits per heavy atom. The Bertz CT molecular complexity index is 1200. The first-order valence-electron chi connectivity index (χ1n) is 13.1. The number of hydrogen-bond acceptors (Lipinski definition) is 8. The maximum atomic E-state index is 6.16. The van der Waals surface area contributed by atoms with Crippen LogP contribution < -0.4 is 15.5 Å². The largest absolute Gasteiger partial charge is 0.381 e. The molecule has 11 heteroatoms. The smallest absolute Gasteiger partial charge is 0.232 e. The number of nitrogens with one attached hydrogen (secondary N) is 2. The fourth-order valence-corrected chi connectivity index (χ4v) is 5.94. The van der Waals surface area contributed by atoms with Gasteiger partial charge in [0.25, 0.3) is 0 Å². The van der Waals surface area contributed by atoms with Crippen LogP contribution in [0.2, 0.25) is 5.02 Å². The highest BCUT2D eigenvalue weighted by Crippen LogP contribution is 2.35. The second kappa shape index (κ2) is 13.0. The van der Waals surface area contributed by atoms with Crippen molar-refractivity contribution in [3.63, 3.8) is 0 Å². The van der Waals surface area contributed by atoms with Gasteiger partial charge in [-0.1, -0.05) is 36.6 Å². The molecule has 2 aliphatic heterocycles. The molecule has 4 heterocycles. The highest BCUT2D eigenvalue weighted by Gasteiger charge is 2.34. The molecule has 2 N–H and O–H groups in total. The van der Waals surface area contributed by atoms with Crippen LogP contribution in [0.15, 0.2) is 59.0 Å². The summed E-state index contributed by atoms with van der Waals surface area (Å²) in [5.41, 5.74) is 1.15. The minimum absolute atomic E-state index is 0.0883. The lowest BCUT2D eigenvalue weighted by Crippen LogP contribution is -2.45. The fourth-order valence-electron chi connectivity index (χ4n) is 4.94. The average molecular weight is 570 g/mol. The molecule has 3 aromatic rings. The highest BCUT2D eigenvalue weighted by molar-refractivity contribution is 7.99. The van der Waals surface area contributed by atoms with Crippen LogP contribution in [0.5, 0.6) is 0 Å². The van der Waals surface area contributed by atoms with E-state index in [0.717, 1.165) is 54.6 Å². The van der Waals surface area contributed by atoms with Gasteiger partial charge in [-0.3, -0.25) is 0 Å². The van der Waals surface area contributed by atoms with Gasteiger partial charge in [0.2, 0.25) is 5.95 Å². The van der Waals surface area contributed by atoms with E-state index in [9.17, 15) is 0 Å². The number of ether oxygens (including phenoxy) is 1. The lowest BCUT2D eigenvalue weighted by molar-refractivity contribution is 0.0515. The maximum Gasteiger partial charge on any atom is 0.232 e. The van der Waals surface area contributed by atoms with Gasteiger partial charge in [0.05, 0.1) is 0 Å². The molecule has 0 aliphatic carbocycles. The number of rotatable bonds is 7. The van der Waals surface area contributed by atoms with E-state index in [1.807, 2.05) is 18.2 Å². The molecule has 2 fully saturated rings. The molecule has 200 valence electrons. The van der Waals surface area contributed by atoms with E-state index >= 15 is 0 Å². The molecule has 0 radical (unpaired) electrons. The first-order chi connectivity index (χ1) is 18.6. The third-order valence-corrected chi connectivity index (χ3v) is 8.39. The molecule has 0 amide bonds. The van der Waals surface area contributed by atoms with Crippen LogP contribution in [0.4, 0.5) is 11.8 Å². The van der Waals surface area contributed by atoms with Crippen molar-refractivity contribution in [2.75, 3.05) is 43.1 Å². The van der Waals surface area contributed by atoms with Gasteiger partial charge >= 0.3 is 0 Å². The summed E-state index contributed by atoms with van der Waals surface area (Å²) in [6.07, 6.45) is 10.1. The molecule has 5 rings (SSSR count). The van der Waals surface area contributed by atoms with Gasteiger partial charge in [-0.15, -0.1) is 0 Å². The zero-order valence-corrected chi connectivity index (χ0v) is 23.6. The predicted octanol–water partition coefficient (Wildman–Crippen LogP) is 5.49. The van der Waals surface area contributed by atoms with E-state index in [1.165, 1.54) is 30.2 Å². The lowest BCUT2D eigenvalue weighted by Gasteiger charge is -2.38. The molecule has 2 aromatic heterocycles. The number of aromatic nitrogens is 4. The van der Waals surface area contributed by atoms with Gasteiger partial charge in [-0.25, -0.2) is 15.0 Å². The number of thiocarbonyl (C=S) groups is 1. The number of hydrogen-bond donors (Lipinski definition) is 2. The molecular weight excluding hydrogens is 538 g/mol. The summed E-state index contributed by atoms with van der Waals surface area (Å²) in [4.78, 5) is 20.6. The van der Waals surface area contributed by atoms with Crippen molar-refractivity contribution in [2.24, 2.45) is 0 Å². The summed E-state index contributed by atoms with van der Waals surface area (Å²) in [5, 5.41) is 9.33. The molecule has 0 unspecified atom stereocenters. The quantitative estimate of drug-likeness (QED) is 0.216. The van der Waals surface area contributed by atoms with E-state index in [4.69, 9.17) is 38.5 Å². The maximum absolute atomic E-state index is 6.16. The lowest BCUT2D eigenvalue weighted by atomic mass is 9.74. The van der Waals surface area contributed by atoms with Crippen molar-refractivity contribution in [3.05, 3.63) is 59.4 Å². The Labute approximate surface area is 238 Å². The molecule has 0 spiro atoms. The van der Waals surface area contributed by atoms with Gasteiger partial charge < -0.3 is 20.3 Å². The van der Waals surface area contributed by atoms with Crippen LogP contribution >= 0.6 is 35.6 Å². The number of halogens is 1. The van der Waals surface area contributed by atoms with Crippen molar-refractivity contribution >= 4 is 52.5 Å². The molecule has 0 atom stereocenters. The van der Waals surface area contributed by atoms with Crippen molar-refractivity contribution in [1.29, 1.82) is 0 Å². The molecule has 38 heavy (non-hydrogen) atoms. The summed E-state index contributed by atoms with van der Waals surface area (Å²) in [6, 6.07) is 11.9. The second-order valence-corrected chi connectivity index (χ2v) is 11.5. The summed E-state index contributed by atoms with van der Waals surface area (Å²) < 4.78 is 5.67. The first-order valence-corrected chi connectivity index (χ1v) is 14.7. The molecule has 2 aliphatic rings. The van der Waals surface area contributed by atoms with Crippen LogP contribution in [-0.2, 0) is 10.2 Å². The molecule has 0 bridgehead atoms. The first kappa shape index (κ1) is 27.1. The van der Waals surface area contributed by atoms with Gasteiger partial charge in [0.15, 0.2) is 10.3 Å². The third kappa shape index (κ3) is 7.11. The number of anilines is 2. The summed E-state index contributed by atoms with van der Waals surface area (Å²) in [5.74, 6) is 1.36. The third-order valence-electron chi connectivity index (χ3n) is 7.08. The molecular formula is C27H32ClN7OS2. The Hall–Kier alpha value is -2.53. The SMILES string of the molecule is S=C(NCC1(c2ccc(Cl)cc2)CCOCC1)Nc1nc(Sc2ncccn2)cc(N2CCCCCC2)n1. The topological polar surface area (TPSA) is 88.1 Å². The zero-order chi connectivity index (χ0) is 26.2. The Kier molecular flexibility index (Phi) is 9.27. The van der Waals surface area contributed by atoms with Crippen LogP contribution in [0.3, 0.4) is 0 Å². The van der Waals surface area contributed by atoms with E-state index in [0.29, 0.717) is 36.0 Å². The minimum atomic E-state index is -0.0883. The van der Waals surface area contributed by atoms with Crippen molar-refractivity contribution in [3.8, 4) is 0 Å². The van der Waals surface area contributed by atoms with Crippen molar-refractivity contribution in [2.45, 2.75) is 54.1 Å². The van der Waals surface area contributed by atoms with E-state index < -0.39 is 0 Å². The summed E-state index contributed by atoms with van der Waals surface area (Å²) >= 11 is 13.3. The summed E-state index contributed by atoms with van der Waals surface area (Å²) in [7, 11) is 0. The minimum Gasteiger partial charge on any atom is -0.381 e. The Morgan fingerprint density at radius 2 is 1.74 bits per heavy atom. The average Bonchev–Trinajstić information content (AvgIpc) is 3.23.